The van der Waals surface area contributed by atoms with E-state index < -0.39 is 0 Å². The van der Waals surface area contributed by atoms with Crippen LogP contribution in [0, 0.1) is 0 Å². The fourth-order valence-electron chi connectivity index (χ4n) is 3.02. The number of carbonyl (C=O) groups excluding carboxylic acids is 2. The van der Waals surface area contributed by atoms with Crippen LogP contribution < -0.4 is 5.32 Å². The Morgan fingerprint density at radius 1 is 1.21 bits per heavy atom. The third-order valence-corrected chi connectivity index (χ3v) is 5.93. The zero-order valence-corrected chi connectivity index (χ0v) is 17.0. The highest BCUT2D eigenvalue weighted by molar-refractivity contribution is 8.05. The fraction of sp³-hybridized carbons (Fsp3) is 0.318. The summed E-state index contributed by atoms with van der Waals surface area (Å²) in [5, 5.41) is 3.04. The molecule has 0 aromatic heterocycles. The van der Waals surface area contributed by atoms with E-state index in [-0.39, 0.29) is 17.1 Å². The van der Waals surface area contributed by atoms with Crippen molar-refractivity contribution >= 4 is 35.4 Å². The van der Waals surface area contributed by atoms with Crippen molar-refractivity contribution in [3.63, 3.8) is 0 Å². The molecule has 0 bridgehead atoms. The molecule has 0 radical (unpaired) electrons. The monoisotopic (exact) mass is 395 g/mol. The van der Waals surface area contributed by atoms with E-state index in [1.54, 1.807) is 12.1 Å². The number of benzene rings is 1. The number of nitrogens with one attached hydrogen (secondary N) is 1. The summed E-state index contributed by atoms with van der Waals surface area (Å²) in [7, 11) is 0. The maximum Gasteiger partial charge on any atom is 0.283 e. The number of carbonyl (C=O) groups is 2. The highest BCUT2D eigenvalue weighted by Crippen LogP contribution is 2.32. The third-order valence-electron chi connectivity index (χ3n) is 4.73. The molecule has 1 aliphatic carbocycles. The summed E-state index contributed by atoms with van der Waals surface area (Å²) in [6, 6.07) is 7.29. The van der Waals surface area contributed by atoms with E-state index in [4.69, 9.17) is 0 Å². The van der Waals surface area contributed by atoms with E-state index in [1.807, 2.05) is 42.5 Å². The molecule has 2 aliphatic rings. The minimum atomic E-state index is -0.213. The lowest BCUT2D eigenvalue weighted by atomic mass is 10.1. The van der Waals surface area contributed by atoms with Gasteiger partial charge in [-0.25, -0.2) is 4.99 Å². The number of nitrogens with zero attached hydrogens (tertiary/aromatic N) is 2. The van der Waals surface area contributed by atoms with Gasteiger partial charge in [0.25, 0.3) is 11.8 Å². The quantitative estimate of drug-likeness (QED) is 0.720. The molecule has 146 valence electrons. The molecule has 1 N–H and O–H groups in total. The van der Waals surface area contributed by atoms with Gasteiger partial charge >= 0.3 is 0 Å². The Morgan fingerprint density at radius 2 is 1.96 bits per heavy atom. The molecule has 1 aromatic rings. The second kappa shape index (κ2) is 9.66. The van der Waals surface area contributed by atoms with Crippen LogP contribution in [0.25, 0.3) is 6.08 Å². The number of hydrogen-bond acceptors (Lipinski definition) is 4. The zero-order chi connectivity index (χ0) is 19.9. The third kappa shape index (κ3) is 5.09. The van der Waals surface area contributed by atoms with Crippen molar-refractivity contribution in [3.8, 4) is 0 Å². The molecule has 2 amide bonds. The van der Waals surface area contributed by atoms with Gasteiger partial charge in [-0.2, -0.15) is 0 Å². The summed E-state index contributed by atoms with van der Waals surface area (Å²) < 4.78 is 0. The first-order valence-corrected chi connectivity index (χ1v) is 10.5. The SMILES string of the molecule is CCN(CC)CCNC(=O)c1ccc(/C=C2/SC3C=CC=CC3=NC2=O)cc1. The number of fused-ring (bicyclic) bond motifs is 1. The lowest BCUT2D eigenvalue weighted by molar-refractivity contribution is -0.113. The Labute approximate surface area is 170 Å². The van der Waals surface area contributed by atoms with Gasteiger partial charge < -0.3 is 10.2 Å². The van der Waals surface area contributed by atoms with Crippen molar-refractivity contribution in [2.45, 2.75) is 19.1 Å². The molecule has 0 saturated carbocycles. The van der Waals surface area contributed by atoms with E-state index in [2.05, 4.69) is 29.1 Å². The Balaban J connectivity index is 1.61. The van der Waals surface area contributed by atoms with Crippen molar-refractivity contribution in [1.29, 1.82) is 0 Å². The standard InChI is InChI=1S/C22H25N3O2S/c1-3-25(4-2)14-13-23-21(26)17-11-9-16(10-12-17)15-20-22(27)24-18-7-5-6-8-19(18)28-20/h5-12,15,19H,3-4,13-14H2,1-2H3,(H,23,26)/b20-15+. The first kappa shape index (κ1) is 20.3. The molecule has 5 nitrogen and oxygen atoms in total. The van der Waals surface area contributed by atoms with Crippen molar-refractivity contribution in [3.05, 3.63) is 64.6 Å². The van der Waals surface area contributed by atoms with E-state index in [0.717, 1.165) is 30.9 Å². The van der Waals surface area contributed by atoms with Crippen LogP contribution in [-0.2, 0) is 4.79 Å². The zero-order valence-electron chi connectivity index (χ0n) is 16.2. The normalized spacial score (nSPS) is 19.7. The van der Waals surface area contributed by atoms with Gasteiger partial charge in [0, 0.05) is 18.7 Å². The molecule has 1 aromatic carbocycles. The van der Waals surface area contributed by atoms with Gasteiger partial charge in [0.05, 0.1) is 15.9 Å². The van der Waals surface area contributed by atoms with Crippen molar-refractivity contribution in [2.24, 2.45) is 4.99 Å². The predicted octanol–water partition coefficient (Wildman–Crippen LogP) is 3.31. The minimum absolute atomic E-state index is 0.0807. The smallest absolute Gasteiger partial charge is 0.283 e. The number of likely N-dealkylation sites (N-methyl/N-ethyl adjacent to an activating group) is 1. The number of hydrogen-bond donors (Lipinski definition) is 1. The Bertz CT molecular complexity index is 849. The summed E-state index contributed by atoms with van der Waals surface area (Å²) in [6.07, 6.45) is 9.61. The number of thioether (sulfide) groups is 1. The van der Waals surface area contributed by atoms with Gasteiger partial charge in [0.2, 0.25) is 0 Å². The summed E-state index contributed by atoms with van der Waals surface area (Å²) in [5.74, 6) is -0.294. The number of aliphatic imine (C=N–C) groups is 1. The highest BCUT2D eigenvalue weighted by atomic mass is 32.2. The Morgan fingerprint density at radius 3 is 2.68 bits per heavy atom. The summed E-state index contributed by atoms with van der Waals surface area (Å²) in [4.78, 5) is 31.6. The second-order valence-corrected chi connectivity index (χ2v) is 7.72. The van der Waals surface area contributed by atoms with Gasteiger partial charge in [0.15, 0.2) is 0 Å². The molecule has 3 rings (SSSR count). The van der Waals surface area contributed by atoms with E-state index in [1.165, 1.54) is 11.8 Å². The first-order chi connectivity index (χ1) is 13.6. The van der Waals surface area contributed by atoms with Crippen LogP contribution in [0.2, 0.25) is 0 Å². The molecule has 0 spiro atoms. The van der Waals surface area contributed by atoms with Crippen LogP contribution in [0.5, 0.6) is 0 Å². The summed E-state index contributed by atoms with van der Waals surface area (Å²) in [6.45, 7) is 7.65. The van der Waals surface area contributed by atoms with Crippen molar-refractivity contribution < 1.29 is 9.59 Å². The molecular formula is C22H25N3O2S. The lowest BCUT2D eigenvalue weighted by Crippen LogP contribution is -2.34. The molecule has 1 heterocycles. The van der Waals surface area contributed by atoms with Crippen LogP contribution in [-0.4, -0.2) is 53.9 Å². The predicted molar refractivity (Wildman–Crippen MR) is 117 cm³/mol. The average Bonchev–Trinajstić information content (AvgIpc) is 2.72. The van der Waals surface area contributed by atoms with E-state index >= 15 is 0 Å². The van der Waals surface area contributed by atoms with Crippen LogP contribution in [0.15, 0.2) is 58.5 Å². The molecule has 1 unspecified atom stereocenters. The van der Waals surface area contributed by atoms with Crippen LogP contribution in [0.1, 0.15) is 29.8 Å². The number of allylic oxidation sites excluding steroid dienone is 3. The molecule has 1 atom stereocenters. The highest BCUT2D eigenvalue weighted by Gasteiger charge is 2.25. The number of amides is 2. The van der Waals surface area contributed by atoms with Gasteiger partial charge in [-0.05, 0) is 42.9 Å². The molecular weight excluding hydrogens is 370 g/mol. The summed E-state index contributed by atoms with van der Waals surface area (Å²) >= 11 is 1.51. The molecule has 0 saturated heterocycles. The van der Waals surface area contributed by atoms with Gasteiger partial charge in [-0.3, -0.25) is 9.59 Å². The number of rotatable bonds is 7. The average molecular weight is 396 g/mol. The maximum absolute atomic E-state index is 12.3. The van der Waals surface area contributed by atoms with Crippen molar-refractivity contribution in [1.82, 2.24) is 10.2 Å². The fourth-order valence-corrected chi connectivity index (χ4v) is 4.07. The molecule has 6 heteroatoms. The summed E-state index contributed by atoms with van der Waals surface area (Å²) in [5.41, 5.74) is 2.29. The van der Waals surface area contributed by atoms with Gasteiger partial charge in [-0.15, -0.1) is 11.8 Å². The topological polar surface area (TPSA) is 61.8 Å². The minimum Gasteiger partial charge on any atom is -0.351 e. The van der Waals surface area contributed by atoms with Gasteiger partial charge in [0.1, 0.15) is 0 Å². The van der Waals surface area contributed by atoms with E-state index in [9.17, 15) is 9.59 Å². The lowest BCUT2D eigenvalue weighted by Gasteiger charge is -2.20. The largest absolute Gasteiger partial charge is 0.351 e. The molecule has 28 heavy (non-hydrogen) atoms. The van der Waals surface area contributed by atoms with Crippen LogP contribution >= 0.6 is 11.8 Å². The first-order valence-electron chi connectivity index (χ1n) is 9.57. The van der Waals surface area contributed by atoms with Crippen LogP contribution in [0.3, 0.4) is 0 Å². The Kier molecular flexibility index (Phi) is 7.01. The second-order valence-electron chi connectivity index (χ2n) is 6.54. The van der Waals surface area contributed by atoms with E-state index in [0.29, 0.717) is 17.0 Å². The van der Waals surface area contributed by atoms with Crippen molar-refractivity contribution in [2.75, 3.05) is 26.2 Å². The molecule has 0 fully saturated rings. The Hall–Kier alpha value is -2.44. The maximum atomic E-state index is 12.3. The van der Waals surface area contributed by atoms with Crippen LogP contribution in [0.4, 0.5) is 0 Å². The van der Waals surface area contributed by atoms with Gasteiger partial charge in [-0.1, -0.05) is 44.2 Å². The molecule has 1 aliphatic heterocycles.